The maximum Gasteiger partial charge on any atom is 0.363 e. The highest BCUT2D eigenvalue weighted by Gasteiger charge is 2.26. The molecule has 9 heteroatoms. The molecule has 0 bridgehead atoms. The molecule has 0 saturated heterocycles. The molecule has 9 nitrogen and oxygen atoms in total. The van der Waals surface area contributed by atoms with E-state index < -0.39 is 27.2 Å². The summed E-state index contributed by atoms with van der Waals surface area (Å²) in [6.45, 7) is 4.11. The van der Waals surface area contributed by atoms with E-state index in [4.69, 9.17) is 4.74 Å². The molecule has 0 spiro atoms. The van der Waals surface area contributed by atoms with Gasteiger partial charge >= 0.3 is 5.97 Å². The third-order valence-electron chi connectivity index (χ3n) is 4.16. The molecule has 1 aliphatic heterocycles. The number of non-ortho nitro benzene ring substituents is 1. The number of rotatable bonds is 5. The zero-order chi connectivity index (χ0) is 20.4. The largest absolute Gasteiger partial charge is 0.402 e. The first-order valence-electron chi connectivity index (χ1n) is 8.32. The lowest BCUT2D eigenvalue weighted by Gasteiger charge is -2.05. The van der Waals surface area contributed by atoms with Gasteiger partial charge in [0.15, 0.2) is 5.70 Å². The van der Waals surface area contributed by atoms with Crippen molar-refractivity contribution >= 4 is 29.3 Å². The Morgan fingerprint density at radius 3 is 2.29 bits per heavy atom. The van der Waals surface area contributed by atoms with Crippen LogP contribution < -0.4 is 0 Å². The Hall–Kier alpha value is -3.88. The van der Waals surface area contributed by atoms with E-state index in [1.165, 1.54) is 12.1 Å². The number of hydrogen-bond donors (Lipinski definition) is 0. The van der Waals surface area contributed by atoms with Crippen LogP contribution in [0.2, 0.25) is 0 Å². The summed E-state index contributed by atoms with van der Waals surface area (Å²) in [5, 5.41) is 22.0. The molecule has 28 heavy (non-hydrogen) atoms. The van der Waals surface area contributed by atoms with E-state index in [2.05, 4.69) is 18.8 Å². The Morgan fingerprint density at radius 1 is 1.04 bits per heavy atom. The molecule has 0 amide bonds. The lowest BCUT2D eigenvalue weighted by molar-refractivity contribution is -0.394. The van der Waals surface area contributed by atoms with Crippen LogP contribution in [0, 0.1) is 20.2 Å². The Balaban J connectivity index is 1.97. The lowest BCUT2D eigenvalue weighted by atomic mass is 10.0. The van der Waals surface area contributed by atoms with Crippen molar-refractivity contribution in [3.05, 3.63) is 85.1 Å². The Kier molecular flexibility index (Phi) is 4.99. The Bertz CT molecular complexity index is 1040. The van der Waals surface area contributed by atoms with Crippen molar-refractivity contribution in [2.24, 2.45) is 4.99 Å². The summed E-state index contributed by atoms with van der Waals surface area (Å²) in [5.41, 5.74) is 0.685. The number of nitro groups is 2. The predicted octanol–water partition coefficient (Wildman–Crippen LogP) is 3.97. The molecule has 0 atom stereocenters. The topological polar surface area (TPSA) is 125 Å². The van der Waals surface area contributed by atoms with E-state index in [0.29, 0.717) is 11.5 Å². The fourth-order valence-electron chi connectivity index (χ4n) is 2.62. The van der Waals surface area contributed by atoms with Gasteiger partial charge in [0.2, 0.25) is 5.90 Å². The molecular weight excluding hydrogens is 366 g/mol. The molecule has 0 unspecified atom stereocenters. The van der Waals surface area contributed by atoms with Crippen molar-refractivity contribution in [2.75, 3.05) is 0 Å². The van der Waals surface area contributed by atoms with Crippen LogP contribution in [0.1, 0.15) is 36.5 Å². The minimum absolute atomic E-state index is 0.0164. The standard InChI is InChI=1S/C19H15N3O6/c1-11(2)12-3-5-13(6-4-12)18-20-16(19(23)28-18)9-14-7-8-15(21(24)25)10-17(14)22(26)27/h3-11H,1-2H3/b16-9-. The van der Waals surface area contributed by atoms with E-state index in [1.54, 1.807) is 12.1 Å². The zero-order valence-corrected chi connectivity index (χ0v) is 15.0. The van der Waals surface area contributed by atoms with Gasteiger partial charge in [-0.3, -0.25) is 20.2 Å². The summed E-state index contributed by atoms with van der Waals surface area (Å²) < 4.78 is 5.16. The van der Waals surface area contributed by atoms with E-state index in [9.17, 15) is 25.0 Å². The third-order valence-corrected chi connectivity index (χ3v) is 4.16. The van der Waals surface area contributed by atoms with Crippen LogP contribution in [0.25, 0.3) is 6.08 Å². The number of aliphatic imine (C=N–C) groups is 1. The van der Waals surface area contributed by atoms with Gasteiger partial charge in [-0.25, -0.2) is 9.79 Å². The molecule has 1 aliphatic rings. The number of nitro benzene ring substituents is 2. The quantitative estimate of drug-likeness (QED) is 0.334. The molecule has 0 aliphatic carbocycles. The Labute approximate surface area is 159 Å². The minimum Gasteiger partial charge on any atom is -0.402 e. The second kappa shape index (κ2) is 7.39. The maximum absolute atomic E-state index is 12.1. The molecule has 1 heterocycles. The van der Waals surface area contributed by atoms with Crippen molar-refractivity contribution in [3.63, 3.8) is 0 Å². The number of cyclic esters (lactones) is 1. The monoisotopic (exact) mass is 381 g/mol. The zero-order valence-electron chi connectivity index (χ0n) is 15.0. The first-order valence-corrected chi connectivity index (χ1v) is 8.32. The first-order chi connectivity index (χ1) is 13.3. The second-order valence-electron chi connectivity index (χ2n) is 6.37. The second-order valence-corrected chi connectivity index (χ2v) is 6.37. The van der Waals surface area contributed by atoms with Gasteiger partial charge in [-0.05, 0) is 35.8 Å². The lowest BCUT2D eigenvalue weighted by Crippen LogP contribution is -2.05. The highest BCUT2D eigenvalue weighted by molar-refractivity contribution is 6.13. The van der Waals surface area contributed by atoms with Gasteiger partial charge in [-0.15, -0.1) is 0 Å². The van der Waals surface area contributed by atoms with Crippen molar-refractivity contribution < 1.29 is 19.4 Å². The fourth-order valence-corrected chi connectivity index (χ4v) is 2.62. The van der Waals surface area contributed by atoms with Crippen LogP contribution in [-0.2, 0) is 9.53 Å². The summed E-state index contributed by atoms with van der Waals surface area (Å²) in [7, 11) is 0. The summed E-state index contributed by atoms with van der Waals surface area (Å²) >= 11 is 0. The van der Waals surface area contributed by atoms with Crippen molar-refractivity contribution in [1.82, 2.24) is 0 Å². The number of benzene rings is 2. The maximum atomic E-state index is 12.1. The molecule has 2 aromatic carbocycles. The van der Waals surface area contributed by atoms with Gasteiger partial charge in [0.1, 0.15) is 0 Å². The molecule has 0 aromatic heterocycles. The van der Waals surface area contributed by atoms with Gasteiger partial charge in [0.25, 0.3) is 11.4 Å². The van der Waals surface area contributed by atoms with Gasteiger partial charge < -0.3 is 4.74 Å². The first kappa shape index (κ1) is 18.9. The smallest absolute Gasteiger partial charge is 0.363 e. The van der Waals surface area contributed by atoms with Gasteiger partial charge in [0.05, 0.1) is 21.5 Å². The molecule has 0 fully saturated rings. The summed E-state index contributed by atoms with van der Waals surface area (Å²) in [5.74, 6) is -0.313. The van der Waals surface area contributed by atoms with E-state index in [0.717, 1.165) is 17.7 Å². The van der Waals surface area contributed by atoms with Crippen molar-refractivity contribution in [1.29, 1.82) is 0 Å². The predicted molar refractivity (Wildman–Crippen MR) is 101 cm³/mol. The molecule has 3 rings (SSSR count). The number of esters is 1. The van der Waals surface area contributed by atoms with Crippen molar-refractivity contribution in [3.8, 4) is 0 Å². The number of carbonyl (C=O) groups excluding carboxylic acids is 1. The average Bonchev–Trinajstić information content (AvgIpc) is 3.02. The van der Waals surface area contributed by atoms with Crippen LogP contribution in [0.15, 0.2) is 53.2 Å². The molecule has 2 aromatic rings. The van der Waals surface area contributed by atoms with E-state index in [-0.39, 0.29) is 17.2 Å². The number of nitrogens with zero attached hydrogens (tertiary/aromatic N) is 3. The van der Waals surface area contributed by atoms with Gasteiger partial charge in [0, 0.05) is 11.6 Å². The summed E-state index contributed by atoms with van der Waals surface area (Å²) in [4.78, 5) is 36.8. The van der Waals surface area contributed by atoms with Crippen LogP contribution in [0.3, 0.4) is 0 Å². The van der Waals surface area contributed by atoms with Crippen LogP contribution >= 0.6 is 0 Å². The van der Waals surface area contributed by atoms with E-state index >= 15 is 0 Å². The molecule has 0 radical (unpaired) electrons. The number of ether oxygens (including phenoxy) is 1. The summed E-state index contributed by atoms with van der Waals surface area (Å²) in [6.07, 6.45) is 1.18. The van der Waals surface area contributed by atoms with Crippen LogP contribution in [-0.4, -0.2) is 21.7 Å². The highest BCUT2D eigenvalue weighted by atomic mass is 16.6. The highest BCUT2D eigenvalue weighted by Crippen LogP contribution is 2.28. The fraction of sp³-hybridized carbons (Fsp3) is 0.158. The molecular formula is C19H15N3O6. The van der Waals surface area contributed by atoms with Crippen molar-refractivity contribution in [2.45, 2.75) is 19.8 Å². The van der Waals surface area contributed by atoms with Crippen LogP contribution in [0.4, 0.5) is 11.4 Å². The van der Waals surface area contributed by atoms with Gasteiger partial charge in [-0.2, -0.15) is 0 Å². The molecule has 0 saturated carbocycles. The Morgan fingerprint density at radius 2 is 1.71 bits per heavy atom. The number of hydrogen-bond acceptors (Lipinski definition) is 7. The normalized spacial score (nSPS) is 14.9. The average molecular weight is 381 g/mol. The number of carbonyl (C=O) groups is 1. The van der Waals surface area contributed by atoms with E-state index in [1.807, 2.05) is 12.1 Å². The molecule has 0 N–H and O–H groups in total. The van der Waals surface area contributed by atoms with Crippen LogP contribution in [0.5, 0.6) is 0 Å². The summed E-state index contributed by atoms with van der Waals surface area (Å²) in [6, 6.07) is 10.5. The third kappa shape index (κ3) is 3.78. The molecule has 142 valence electrons. The van der Waals surface area contributed by atoms with Gasteiger partial charge in [-0.1, -0.05) is 26.0 Å². The SMILES string of the molecule is CC(C)c1ccc(C2=N/C(=C\c3ccc([N+](=O)[O-])cc3[N+](=O)[O-])C(=O)O2)cc1. The minimum atomic E-state index is -0.755.